The molecule has 0 amide bonds. The molecule has 1 fully saturated rings. The van der Waals surface area contributed by atoms with Crippen LogP contribution in [0.25, 0.3) is 11.0 Å². The lowest BCUT2D eigenvalue weighted by Gasteiger charge is -2.36. The van der Waals surface area contributed by atoms with E-state index in [0.29, 0.717) is 17.9 Å². The van der Waals surface area contributed by atoms with Gasteiger partial charge in [0.2, 0.25) is 0 Å². The molecule has 0 radical (unpaired) electrons. The van der Waals surface area contributed by atoms with Gasteiger partial charge in [-0.15, -0.1) is 0 Å². The maximum atomic E-state index is 6.35. The second kappa shape index (κ2) is 5.25. The van der Waals surface area contributed by atoms with Crippen LogP contribution in [0.15, 0.2) is 12.1 Å². The van der Waals surface area contributed by atoms with Gasteiger partial charge in [0.1, 0.15) is 11.0 Å². The minimum atomic E-state index is 0.471. The van der Waals surface area contributed by atoms with Crippen LogP contribution in [-0.2, 0) is 0 Å². The molecule has 102 valence electrons. The summed E-state index contributed by atoms with van der Waals surface area (Å²) in [5.41, 5.74) is 2.79. The maximum Gasteiger partial charge on any atom is 0.129 e. The number of aromatic nitrogens is 2. The van der Waals surface area contributed by atoms with E-state index < -0.39 is 0 Å². The van der Waals surface area contributed by atoms with Gasteiger partial charge in [-0.05, 0) is 36.8 Å². The number of benzene rings is 1. The third kappa shape index (κ3) is 2.43. The molecule has 19 heavy (non-hydrogen) atoms. The van der Waals surface area contributed by atoms with Crippen molar-refractivity contribution in [2.75, 3.05) is 5.32 Å². The Balaban J connectivity index is 1.95. The fraction of sp³-hybridized carbons (Fsp3) is 0.571. The summed E-state index contributed by atoms with van der Waals surface area (Å²) in [4.78, 5) is 0. The second-order valence-corrected chi connectivity index (χ2v) is 6.55. The van der Waals surface area contributed by atoms with Crippen LogP contribution in [0, 0.1) is 11.8 Å². The van der Waals surface area contributed by atoms with E-state index in [4.69, 9.17) is 11.6 Å². The number of nitrogens with zero attached hydrogens (tertiary/aromatic N) is 2. The van der Waals surface area contributed by atoms with Crippen LogP contribution in [0.3, 0.4) is 0 Å². The first-order chi connectivity index (χ1) is 9.16. The Hall–Kier alpha value is -0.870. The molecule has 0 bridgehead atoms. The van der Waals surface area contributed by atoms with Crippen molar-refractivity contribution < 1.29 is 0 Å². The minimum absolute atomic E-state index is 0.471. The number of halogens is 1. The average molecular weight is 296 g/mol. The van der Waals surface area contributed by atoms with Gasteiger partial charge in [0.05, 0.1) is 22.4 Å². The molecular weight excluding hydrogens is 278 g/mol. The monoisotopic (exact) mass is 295 g/mol. The van der Waals surface area contributed by atoms with E-state index in [9.17, 15) is 0 Å². The fourth-order valence-corrected chi connectivity index (χ4v) is 3.85. The first-order valence-corrected chi connectivity index (χ1v) is 7.95. The summed E-state index contributed by atoms with van der Waals surface area (Å²) >= 11 is 7.59. The quantitative estimate of drug-likeness (QED) is 0.881. The summed E-state index contributed by atoms with van der Waals surface area (Å²) in [7, 11) is 0. The van der Waals surface area contributed by atoms with E-state index in [2.05, 4.69) is 27.9 Å². The molecule has 0 aliphatic heterocycles. The Morgan fingerprint density at radius 1 is 1.21 bits per heavy atom. The van der Waals surface area contributed by atoms with Crippen LogP contribution >= 0.6 is 23.3 Å². The molecule has 2 aromatic rings. The van der Waals surface area contributed by atoms with E-state index in [1.807, 2.05) is 12.1 Å². The van der Waals surface area contributed by atoms with Crippen LogP contribution < -0.4 is 5.32 Å². The topological polar surface area (TPSA) is 37.8 Å². The molecule has 1 heterocycles. The molecule has 0 saturated heterocycles. The van der Waals surface area contributed by atoms with Crippen molar-refractivity contribution in [3.8, 4) is 0 Å². The summed E-state index contributed by atoms with van der Waals surface area (Å²) in [6, 6.07) is 4.31. The molecule has 1 aromatic heterocycles. The highest BCUT2D eigenvalue weighted by Gasteiger charge is 2.28. The van der Waals surface area contributed by atoms with Gasteiger partial charge in [-0.25, -0.2) is 0 Å². The zero-order chi connectivity index (χ0) is 13.4. The second-order valence-electron chi connectivity index (χ2n) is 5.61. The smallest absolute Gasteiger partial charge is 0.129 e. The molecule has 1 aliphatic rings. The highest BCUT2D eigenvalue weighted by atomic mass is 35.5. The summed E-state index contributed by atoms with van der Waals surface area (Å²) in [6.45, 7) is 4.64. The Kier molecular flexibility index (Phi) is 3.63. The first-order valence-electron chi connectivity index (χ1n) is 6.84. The van der Waals surface area contributed by atoms with Crippen molar-refractivity contribution in [2.24, 2.45) is 11.8 Å². The van der Waals surface area contributed by atoms with Gasteiger partial charge in [0.25, 0.3) is 0 Å². The Bertz CT molecular complexity index is 573. The predicted molar refractivity (Wildman–Crippen MR) is 82.0 cm³/mol. The zero-order valence-electron chi connectivity index (χ0n) is 11.2. The van der Waals surface area contributed by atoms with Crippen LogP contribution in [0.5, 0.6) is 0 Å². The van der Waals surface area contributed by atoms with Gasteiger partial charge in [0, 0.05) is 6.04 Å². The number of rotatable bonds is 2. The van der Waals surface area contributed by atoms with Crippen molar-refractivity contribution >= 4 is 40.0 Å². The van der Waals surface area contributed by atoms with E-state index in [1.165, 1.54) is 31.0 Å². The lowest BCUT2D eigenvalue weighted by atomic mass is 9.78. The van der Waals surface area contributed by atoms with Gasteiger partial charge in [-0.3, -0.25) is 0 Å². The van der Waals surface area contributed by atoms with Crippen molar-refractivity contribution in [1.82, 2.24) is 8.75 Å². The van der Waals surface area contributed by atoms with E-state index in [0.717, 1.165) is 21.7 Å². The Morgan fingerprint density at radius 3 is 2.68 bits per heavy atom. The summed E-state index contributed by atoms with van der Waals surface area (Å²) < 4.78 is 8.66. The summed E-state index contributed by atoms with van der Waals surface area (Å²) in [5, 5.41) is 4.39. The normalized spacial score (nSPS) is 27.6. The van der Waals surface area contributed by atoms with Crippen LogP contribution in [0.2, 0.25) is 5.02 Å². The zero-order valence-corrected chi connectivity index (χ0v) is 12.8. The largest absolute Gasteiger partial charge is 0.379 e. The average Bonchev–Trinajstić information content (AvgIpc) is 2.84. The Labute approximate surface area is 122 Å². The van der Waals surface area contributed by atoms with Crippen LogP contribution in [0.4, 0.5) is 5.69 Å². The molecule has 2 atom stereocenters. The maximum absolute atomic E-state index is 6.35. The number of hydrogen-bond donors (Lipinski definition) is 1. The summed E-state index contributed by atoms with van der Waals surface area (Å²) in [5.74, 6) is 1.34. The molecule has 1 aliphatic carbocycles. The van der Waals surface area contributed by atoms with Gasteiger partial charge < -0.3 is 5.32 Å². The lowest BCUT2D eigenvalue weighted by Crippen LogP contribution is -2.37. The van der Waals surface area contributed by atoms with Crippen molar-refractivity contribution in [2.45, 2.75) is 39.2 Å². The molecular formula is C14H18ClN3S. The van der Waals surface area contributed by atoms with E-state index in [-0.39, 0.29) is 0 Å². The summed E-state index contributed by atoms with van der Waals surface area (Å²) in [6.07, 6.45) is 3.90. The molecule has 1 saturated carbocycles. The number of anilines is 1. The SMILES string of the molecule is CC1CCCC(C)C1Nc1c(Cl)ccc2nsnc12. The van der Waals surface area contributed by atoms with Crippen molar-refractivity contribution in [1.29, 1.82) is 0 Å². The van der Waals surface area contributed by atoms with Crippen molar-refractivity contribution in [3.05, 3.63) is 17.2 Å². The molecule has 1 N–H and O–H groups in total. The highest BCUT2D eigenvalue weighted by Crippen LogP contribution is 2.36. The molecule has 5 heteroatoms. The number of fused-ring (bicyclic) bond motifs is 1. The standard InChI is InChI=1S/C14H18ClN3S/c1-8-4-3-5-9(2)12(8)16-13-10(15)6-7-11-14(13)18-19-17-11/h6-9,12,16H,3-5H2,1-2H3. The Morgan fingerprint density at radius 2 is 1.95 bits per heavy atom. The third-order valence-corrected chi connectivity index (χ3v) is 5.09. The predicted octanol–water partition coefficient (Wildman–Crippen LogP) is 4.58. The molecule has 3 nitrogen and oxygen atoms in total. The highest BCUT2D eigenvalue weighted by molar-refractivity contribution is 7.00. The molecule has 1 aromatic carbocycles. The van der Waals surface area contributed by atoms with Crippen molar-refractivity contribution in [3.63, 3.8) is 0 Å². The first kappa shape index (κ1) is 13.1. The third-order valence-electron chi connectivity index (χ3n) is 4.23. The van der Waals surface area contributed by atoms with Gasteiger partial charge >= 0.3 is 0 Å². The number of hydrogen-bond acceptors (Lipinski definition) is 4. The van der Waals surface area contributed by atoms with Gasteiger partial charge in [0.15, 0.2) is 0 Å². The van der Waals surface area contributed by atoms with Gasteiger partial charge in [-0.2, -0.15) is 8.75 Å². The number of nitrogens with one attached hydrogen (secondary N) is 1. The molecule has 3 rings (SSSR count). The van der Waals surface area contributed by atoms with E-state index >= 15 is 0 Å². The van der Waals surface area contributed by atoms with E-state index in [1.54, 1.807) is 0 Å². The molecule has 0 spiro atoms. The fourth-order valence-electron chi connectivity index (χ4n) is 3.10. The molecule has 2 unspecified atom stereocenters. The van der Waals surface area contributed by atoms with Gasteiger partial charge in [-0.1, -0.05) is 31.9 Å². The lowest BCUT2D eigenvalue weighted by molar-refractivity contribution is 0.268. The minimum Gasteiger partial charge on any atom is -0.379 e. The van der Waals surface area contributed by atoms with Crippen LogP contribution in [-0.4, -0.2) is 14.8 Å². The van der Waals surface area contributed by atoms with Crippen LogP contribution in [0.1, 0.15) is 33.1 Å².